The first kappa shape index (κ1) is 33.6. The third kappa shape index (κ3) is 28.8. The van der Waals surface area contributed by atoms with E-state index in [1.165, 1.54) is 83.5 Å². The molecule has 0 aliphatic rings. The van der Waals surface area contributed by atoms with Crippen LogP contribution in [0.4, 0.5) is 0 Å². The quantitative estimate of drug-likeness (QED) is 0.179. The Morgan fingerprint density at radius 2 is 0.946 bits per heavy atom. The van der Waals surface area contributed by atoms with E-state index in [-0.39, 0.29) is 6.61 Å². The molecule has 1 unspecified atom stereocenters. The molecule has 0 aromatic carbocycles. The smallest absolute Gasteiger partial charge is 0.157 e. The minimum atomic E-state index is -0.483. The summed E-state index contributed by atoms with van der Waals surface area (Å²) in [5, 5.41) is 9.38. The predicted molar refractivity (Wildman–Crippen MR) is 153 cm³/mol. The molecule has 0 aliphatic heterocycles. The molecular formula is C34H42O3. The summed E-state index contributed by atoms with van der Waals surface area (Å²) >= 11 is 0. The van der Waals surface area contributed by atoms with Crippen LogP contribution in [0.1, 0.15) is 104 Å². The molecule has 0 aromatic heterocycles. The van der Waals surface area contributed by atoms with Gasteiger partial charge >= 0.3 is 0 Å². The Labute approximate surface area is 227 Å². The average molecular weight is 499 g/mol. The number of unbranched alkanes of at least 4 members (excludes halogenated alkanes) is 13. The van der Waals surface area contributed by atoms with Crippen molar-refractivity contribution in [1.29, 1.82) is 0 Å². The molecule has 196 valence electrons. The van der Waals surface area contributed by atoms with Crippen molar-refractivity contribution in [3.8, 4) is 83.1 Å². The molecule has 0 saturated heterocycles. The van der Waals surface area contributed by atoms with E-state index in [0.29, 0.717) is 13.2 Å². The Kier molecular flexibility index (Phi) is 27.9. The number of rotatable bonds is 19. The zero-order valence-corrected chi connectivity index (χ0v) is 22.9. The number of hydrogen-bond acceptors (Lipinski definition) is 3. The normalized spacial score (nSPS) is 9.27. The first-order valence-electron chi connectivity index (χ1n) is 13.6. The Balaban J connectivity index is 3.72. The van der Waals surface area contributed by atoms with Crippen molar-refractivity contribution in [2.45, 2.75) is 110 Å². The van der Waals surface area contributed by atoms with Crippen LogP contribution in [0.15, 0.2) is 0 Å². The van der Waals surface area contributed by atoms with Crippen LogP contribution in [-0.4, -0.2) is 31.0 Å². The predicted octanol–water partition coefficient (Wildman–Crippen LogP) is 5.86. The third-order valence-corrected chi connectivity index (χ3v) is 5.24. The molecule has 0 heterocycles. The van der Waals surface area contributed by atoms with Crippen LogP contribution in [0.5, 0.6) is 0 Å². The summed E-state index contributed by atoms with van der Waals surface area (Å²) < 4.78 is 10.9. The highest BCUT2D eigenvalue weighted by Crippen LogP contribution is 2.13. The highest BCUT2D eigenvalue weighted by atomic mass is 16.5. The molecule has 0 amide bonds. The summed E-state index contributed by atoms with van der Waals surface area (Å²) in [5.41, 5.74) is 0. The fourth-order valence-electron chi connectivity index (χ4n) is 3.25. The van der Waals surface area contributed by atoms with Gasteiger partial charge in [0.25, 0.3) is 0 Å². The second kappa shape index (κ2) is 30.7. The lowest BCUT2D eigenvalue weighted by Gasteiger charge is -2.12. The van der Waals surface area contributed by atoms with Gasteiger partial charge in [-0.3, -0.25) is 0 Å². The number of hydrogen-bond donors (Lipinski definition) is 1. The Bertz CT molecular complexity index is 1000. The lowest BCUT2D eigenvalue weighted by Crippen LogP contribution is -2.22. The van der Waals surface area contributed by atoms with E-state index in [4.69, 9.17) is 9.47 Å². The van der Waals surface area contributed by atoms with Gasteiger partial charge in [0.15, 0.2) is 6.10 Å². The van der Waals surface area contributed by atoms with Crippen molar-refractivity contribution in [3.63, 3.8) is 0 Å². The van der Waals surface area contributed by atoms with Crippen LogP contribution in [0, 0.1) is 83.1 Å². The zero-order valence-electron chi connectivity index (χ0n) is 22.9. The largest absolute Gasteiger partial charge is 0.438 e. The van der Waals surface area contributed by atoms with E-state index >= 15 is 0 Å². The number of aliphatic hydroxyl groups excluding tert-OH is 1. The number of aliphatic hydroxyl groups is 1. The molecule has 37 heavy (non-hydrogen) atoms. The van der Waals surface area contributed by atoms with Gasteiger partial charge in [0, 0.05) is 42.1 Å². The molecule has 0 spiro atoms. The molecule has 1 atom stereocenters. The summed E-state index contributed by atoms with van der Waals surface area (Å²) in [4.78, 5) is 0. The maximum Gasteiger partial charge on any atom is 0.157 e. The molecule has 0 radical (unpaired) electrons. The van der Waals surface area contributed by atoms with Crippen LogP contribution in [0.2, 0.25) is 0 Å². The van der Waals surface area contributed by atoms with Crippen molar-refractivity contribution >= 4 is 0 Å². The summed E-state index contributed by atoms with van der Waals surface area (Å²) in [7, 11) is 0. The van der Waals surface area contributed by atoms with E-state index in [0.717, 1.165) is 6.42 Å². The molecule has 0 aliphatic carbocycles. The standard InChI is InChI=1S/C34H42O3/c1-3-5-7-9-11-13-15-17-19-20-22-24-26-28-30-36-33-34(32-35)37-31-29-27-25-23-21-18-16-14-12-10-8-6-4-2/h34-35H,3,5,7,9,11,13,15,17,19-20,22,24,26,28,30,32-33H2,1-2H3. The van der Waals surface area contributed by atoms with E-state index in [1.807, 2.05) is 0 Å². The van der Waals surface area contributed by atoms with Crippen LogP contribution in [-0.2, 0) is 9.47 Å². The molecule has 3 heteroatoms. The van der Waals surface area contributed by atoms with Gasteiger partial charge in [0.2, 0.25) is 0 Å². The highest BCUT2D eigenvalue weighted by Gasteiger charge is 2.06. The topological polar surface area (TPSA) is 38.7 Å². The molecular weight excluding hydrogens is 456 g/mol. The van der Waals surface area contributed by atoms with Crippen LogP contribution < -0.4 is 0 Å². The van der Waals surface area contributed by atoms with Gasteiger partial charge in [-0.2, -0.15) is 0 Å². The molecule has 3 nitrogen and oxygen atoms in total. The van der Waals surface area contributed by atoms with E-state index in [1.54, 1.807) is 6.92 Å². The lowest BCUT2D eigenvalue weighted by atomic mass is 10.0. The van der Waals surface area contributed by atoms with E-state index in [2.05, 4.69) is 90.0 Å². The zero-order chi connectivity index (χ0) is 26.9. The van der Waals surface area contributed by atoms with Gasteiger partial charge in [0.05, 0.1) is 13.2 Å². The van der Waals surface area contributed by atoms with Gasteiger partial charge in [0.1, 0.15) is 6.11 Å². The second-order valence-corrected chi connectivity index (χ2v) is 8.45. The fraction of sp³-hybridized carbons (Fsp3) is 0.588. The minimum absolute atomic E-state index is 0.160. The highest BCUT2D eigenvalue weighted by molar-refractivity contribution is 5.44. The van der Waals surface area contributed by atoms with Crippen LogP contribution in [0.25, 0.3) is 0 Å². The van der Waals surface area contributed by atoms with Gasteiger partial charge in [-0.25, -0.2) is 0 Å². The monoisotopic (exact) mass is 498 g/mol. The molecule has 0 bridgehead atoms. The fourth-order valence-corrected chi connectivity index (χ4v) is 3.25. The summed E-state index contributed by atoms with van der Waals surface area (Å²) in [6.45, 7) is 4.79. The SMILES string of the molecule is CC#CC#CC#CC#CC#CC#CC#COC(CO)COCCCCCCCCCCCCCCCC. The second-order valence-electron chi connectivity index (χ2n) is 8.45. The molecule has 0 aromatic rings. The Hall–Kier alpha value is -3.36. The van der Waals surface area contributed by atoms with Gasteiger partial charge in [-0.05, 0) is 48.9 Å². The molecule has 1 N–H and O–H groups in total. The lowest BCUT2D eigenvalue weighted by molar-refractivity contribution is 0.00479. The maximum absolute atomic E-state index is 9.38. The third-order valence-electron chi connectivity index (χ3n) is 5.24. The van der Waals surface area contributed by atoms with Gasteiger partial charge < -0.3 is 14.6 Å². The minimum Gasteiger partial charge on any atom is -0.438 e. The van der Waals surface area contributed by atoms with Crippen molar-refractivity contribution in [3.05, 3.63) is 0 Å². The van der Waals surface area contributed by atoms with E-state index in [9.17, 15) is 5.11 Å². The maximum atomic E-state index is 9.38. The van der Waals surface area contributed by atoms with Crippen LogP contribution in [0.3, 0.4) is 0 Å². The van der Waals surface area contributed by atoms with Crippen LogP contribution >= 0.6 is 0 Å². The van der Waals surface area contributed by atoms with Crippen molar-refractivity contribution in [1.82, 2.24) is 0 Å². The van der Waals surface area contributed by atoms with Gasteiger partial charge in [-0.1, -0.05) is 96.3 Å². The number of ether oxygens (including phenoxy) is 2. The Morgan fingerprint density at radius 3 is 1.38 bits per heavy atom. The Morgan fingerprint density at radius 1 is 0.541 bits per heavy atom. The average Bonchev–Trinajstić information content (AvgIpc) is 2.91. The molecule has 0 saturated carbocycles. The summed E-state index contributed by atoms with van der Waals surface area (Å²) in [6, 6.07) is 0. The van der Waals surface area contributed by atoms with Crippen molar-refractivity contribution in [2.24, 2.45) is 0 Å². The first-order valence-corrected chi connectivity index (χ1v) is 13.6. The van der Waals surface area contributed by atoms with E-state index < -0.39 is 6.10 Å². The summed E-state index contributed by atoms with van der Waals surface area (Å²) in [6.07, 6.45) is 20.6. The summed E-state index contributed by atoms with van der Waals surface area (Å²) in [5.74, 6) is 33.2. The first-order chi connectivity index (χ1) is 18.3. The molecule has 0 fully saturated rings. The van der Waals surface area contributed by atoms with Crippen molar-refractivity contribution < 1.29 is 14.6 Å². The van der Waals surface area contributed by atoms with Gasteiger partial charge in [-0.15, -0.1) is 0 Å². The van der Waals surface area contributed by atoms with Crippen molar-refractivity contribution in [2.75, 3.05) is 19.8 Å². The molecule has 0 rings (SSSR count).